The van der Waals surface area contributed by atoms with Crippen molar-refractivity contribution in [2.24, 2.45) is 0 Å². The molecule has 4 aromatic heterocycles. The van der Waals surface area contributed by atoms with Crippen LogP contribution in [-0.4, -0.2) is 9.97 Å². The second kappa shape index (κ2) is 9.20. The second-order valence-electron chi connectivity index (χ2n) is 5.83. The Balaban J connectivity index is 2.29. The largest absolute Gasteiger partial charge is 0.278 e. The predicted molar refractivity (Wildman–Crippen MR) is 128 cm³/mol. The SMILES string of the molecule is [C-]#[N+]/C(C#N)=c1\cc(-c2cnc(Cl)s2)/c(=c2\sc(=C(C#N)C#N)cc2-c2cnc(Cl)s2)s1. The fourth-order valence-corrected chi connectivity index (χ4v) is 7.19. The first-order valence-corrected chi connectivity index (χ1v) is 12.3. The Labute approximate surface area is 206 Å². The van der Waals surface area contributed by atoms with Gasteiger partial charge in [-0.1, -0.05) is 23.2 Å². The van der Waals surface area contributed by atoms with E-state index in [-0.39, 0.29) is 11.3 Å². The molecule has 4 aromatic rings. The minimum absolute atomic E-state index is 0.0114. The van der Waals surface area contributed by atoms with E-state index in [9.17, 15) is 15.8 Å². The van der Waals surface area contributed by atoms with Crippen molar-refractivity contribution in [3.8, 4) is 39.1 Å². The summed E-state index contributed by atoms with van der Waals surface area (Å²) in [5.41, 5.74) is 1.47. The van der Waals surface area contributed by atoms with Gasteiger partial charge in [0.15, 0.2) is 8.93 Å². The van der Waals surface area contributed by atoms with Crippen molar-refractivity contribution in [3.05, 3.63) is 63.0 Å². The molecule has 0 aliphatic rings. The average Bonchev–Trinajstić information content (AvgIpc) is 3.56. The van der Waals surface area contributed by atoms with E-state index in [1.54, 1.807) is 24.5 Å². The second-order valence-corrected chi connectivity index (χ2v) is 11.2. The van der Waals surface area contributed by atoms with Gasteiger partial charge >= 0.3 is 0 Å². The summed E-state index contributed by atoms with van der Waals surface area (Å²) in [6, 6.07) is 9.31. The summed E-state index contributed by atoms with van der Waals surface area (Å²) in [4.78, 5) is 13.1. The molecule has 0 radical (unpaired) electrons. The molecule has 6 nitrogen and oxygen atoms in total. The van der Waals surface area contributed by atoms with E-state index in [0.717, 1.165) is 29.9 Å². The highest BCUT2D eigenvalue weighted by Gasteiger charge is 2.15. The summed E-state index contributed by atoms with van der Waals surface area (Å²) in [6.07, 6.45) is 3.26. The maximum atomic E-state index is 9.38. The van der Waals surface area contributed by atoms with Gasteiger partial charge < -0.3 is 0 Å². The van der Waals surface area contributed by atoms with Crippen molar-refractivity contribution in [3.63, 3.8) is 0 Å². The van der Waals surface area contributed by atoms with Gasteiger partial charge in [0, 0.05) is 28.1 Å². The molecule has 0 aliphatic carbocycles. The summed E-state index contributed by atoms with van der Waals surface area (Å²) in [5.74, 6) is 0. The van der Waals surface area contributed by atoms with Crippen LogP contribution in [0, 0.1) is 49.6 Å². The molecule has 0 bridgehead atoms. The molecule has 0 spiro atoms. The third-order valence-corrected chi connectivity index (χ3v) is 8.83. The van der Waals surface area contributed by atoms with Gasteiger partial charge in [-0.25, -0.2) is 20.1 Å². The molecule has 0 N–H and O–H groups in total. The maximum Gasteiger partial charge on any atom is 0.278 e. The topological polar surface area (TPSA) is 102 Å². The zero-order valence-electron chi connectivity index (χ0n) is 15.4. The van der Waals surface area contributed by atoms with Crippen LogP contribution < -0.4 is 9.06 Å². The van der Waals surface area contributed by atoms with Crippen LogP contribution >= 0.6 is 68.5 Å². The van der Waals surface area contributed by atoms with Crippen LogP contribution in [0.4, 0.5) is 0 Å². The molecule has 0 aliphatic heterocycles. The molecule has 0 amide bonds. The Bertz CT molecular complexity index is 1600. The van der Waals surface area contributed by atoms with E-state index in [1.165, 1.54) is 45.3 Å². The quantitative estimate of drug-likeness (QED) is 0.325. The molecule has 32 heavy (non-hydrogen) atoms. The number of hydrogen-bond donors (Lipinski definition) is 0. The standard InChI is InChI=1S/C20H4Cl2N6S4/c1-26-12(6-25)14-3-11(16-8-28-20(22)32-16)18(30-14)17-10(15-7-27-19(21)31-15)2-13(29-17)9(4-23)5-24/h2-3,7-8H/b14-12+,18-17+. The summed E-state index contributed by atoms with van der Waals surface area (Å²) >= 11 is 17.2. The van der Waals surface area contributed by atoms with Crippen LogP contribution in [0.25, 0.3) is 37.0 Å². The molecule has 0 aromatic carbocycles. The van der Waals surface area contributed by atoms with Crippen molar-refractivity contribution in [1.29, 1.82) is 15.8 Å². The molecule has 0 atom stereocenters. The summed E-state index contributed by atoms with van der Waals surface area (Å²) in [6.45, 7) is 7.33. The van der Waals surface area contributed by atoms with E-state index >= 15 is 0 Å². The number of thiazole rings is 2. The minimum atomic E-state index is -0.0291. The van der Waals surface area contributed by atoms with E-state index < -0.39 is 0 Å². The van der Waals surface area contributed by atoms with Gasteiger partial charge in [-0.15, -0.1) is 45.3 Å². The normalized spacial score (nSPS) is 12.3. The molecule has 0 fully saturated rings. The van der Waals surface area contributed by atoms with Crippen LogP contribution in [0.5, 0.6) is 0 Å². The van der Waals surface area contributed by atoms with E-state index in [4.69, 9.17) is 29.8 Å². The Morgan fingerprint density at radius 3 is 1.72 bits per heavy atom. The molecule has 12 heteroatoms. The number of nitrogens with zero attached hydrogens (tertiary/aromatic N) is 6. The maximum absolute atomic E-state index is 9.38. The smallest absolute Gasteiger partial charge is 0.233 e. The lowest BCUT2D eigenvalue weighted by atomic mass is 10.2. The van der Waals surface area contributed by atoms with Crippen LogP contribution in [0.15, 0.2) is 24.5 Å². The number of nitriles is 3. The van der Waals surface area contributed by atoms with Gasteiger partial charge in [0.25, 0.3) is 5.70 Å². The molecular weight excluding hydrogens is 523 g/mol. The summed E-state index contributed by atoms with van der Waals surface area (Å²) in [5, 5.41) is 28.1. The fourth-order valence-electron chi connectivity index (χ4n) is 2.75. The molecule has 0 saturated carbocycles. The first kappa shape index (κ1) is 22.1. The van der Waals surface area contributed by atoms with Crippen molar-refractivity contribution >= 4 is 79.8 Å². The first-order chi connectivity index (χ1) is 15.5. The Morgan fingerprint density at radius 2 is 1.31 bits per heavy atom. The molecule has 4 heterocycles. The van der Waals surface area contributed by atoms with Crippen molar-refractivity contribution in [2.75, 3.05) is 0 Å². The van der Waals surface area contributed by atoms with Crippen molar-refractivity contribution < 1.29 is 0 Å². The molecule has 0 saturated heterocycles. The van der Waals surface area contributed by atoms with Crippen molar-refractivity contribution in [2.45, 2.75) is 0 Å². The van der Waals surface area contributed by atoms with E-state index in [2.05, 4.69) is 14.8 Å². The molecule has 152 valence electrons. The fraction of sp³-hybridized carbons (Fsp3) is 0. The Hall–Kier alpha value is -3.06. The Kier molecular flexibility index (Phi) is 6.37. The monoisotopic (exact) mass is 526 g/mol. The molecular formula is C20H4Cl2N6S4. The van der Waals surface area contributed by atoms with Crippen LogP contribution in [0.2, 0.25) is 8.93 Å². The van der Waals surface area contributed by atoms with Crippen LogP contribution in [-0.2, 0) is 0 Å². The number of rotatable bonds is 2. The van der Waals surface area contributed by atoms with Gasteiger partial charge in [0.05, 0.1) is 36.0 Å². The third-order valence-electron chi connectivity index (χ3n) is 4.08. The van der Waals surface area contributed by atoms with E-state index in [1.807, 2.05) is 18.2 Å². The highest BCUT2D eigenvalue weighted by Crippen LogP contribution is 2.35. The lowest BCUT2D eigenvalue weighted by Crippen LogP contribution is -1.94. The van der Waals surface area contributed by atoms with Crippen LogP contribution in [0.3, 0.4) is 0 Å². The van der Waals surface area contributed by atoms with Gasteiger partial charge in [-0.3, -0.25) is 0 Å². The lowest BCUT2D eigenvalue weighted by molar-refractivity contribution is 1.42. The highest BCUT2D eigenvalue weighted by molar-refractivity contribution is 7.20. The third kappa shape index (κ3) is 4.05. The minimum Gasteiger partial charge on any atom is -0.233 e. The van der Waals surface area contributed by atoms with Crippen LogP contribution in [0.1, 0.15) is 0 Å². The van der Waals surface area contributed by atoms with Crippen molar-refractivity contribution in [1.82, 2.24) is 9.97 Å². The molecule has 0 unspecified atom stereocenters. The van der Waals surface area contributed by atoms with E-state index in [0.29, 0.717) is 18.0 Å². The lowest BCUT2D eigenvalue weighted by Gasteiger charge is -1.93. The van der Waals surface area contributed by atoms with Gasteiger partial charge in [0.2, 0.25) is 0 Å². The number of aromatic nitrogens is 2. The van der Waals surface area contributed by atoms with Gasteiger partial charge in [-0.05, 0) is 12.1 Å². The number of halogens is 2. The zero-order chi connectivity index (χ0) is 22.8. The first-order valence-electron chi connectivity index (χ1n) is 8.32. The number of hydrogen-bond acceptors (Lipinski definition) is 9. The average molecular weight is 527 g/mol. The Morgan fingerprint density at radius 1 is 0.812 bits per heavy atom. The van der Waals surface area contributed by atoms with Gasteiger partial charge in [-0.2, -0.15) is 10.5 Å². The molecule has 4 rings (SSSR count). The summed E-state index contributed by atoms with van der Waals surface area (Å²) < 4.78 is 3.26. The zero-order valence-corrected chi connectivity index (χ0v) is 20.2. The highest BCUT2D eigenvalue weighted by atomic mass is 35.5. The van der Waals surface area contributed by atoms with Gasteiger partial charge in [0.1, 0.15) is 17.7 Å². The predicted octanol–water partition coefficient (Wildman–Crippen LogP) is 5.40. The summed E-state index contributed by atoms with van der Waals surface area (Å²) in [7, 11) is 0. The number of thiophene rings is 2.